The van der Waals surface area contributed by atoms with Gasteiger partial charge in [0, 0.05) is 59.0 Å². The number of aliphatic carboxylic acids is 1. The zero-order valence-corrected chi connectivity index (χ0v) is 61.7. The fourth-order valence-electron chi connectivity index (χ4n) is 21.2. The molecular weight excluding hydrogens is 1270 g/mol. The molecule has 96 heavy (non-hydrogen) atoms. The minimum atomic E-state index is -1.99. The molecule has 0 saturated heterocycles. The van der Waals surface area contributed by atoms with Gasteiger partial charge in [-0.2, -0.15) is 0 Å². The van der Waals surface area contributed by atoms with Crippen LogP contribution in [-0.4, -0.2) is 95.9 Å². The summed E-state index contributed by atoms with van der Waals surface area (Å²) < 4.78 is 31.2. The number of alkyl halides is 2. The van der Waals surface area contributed by atoms with Crippen LogP contribution in [0.5, 0.6) is 0 Å². The summed E-state index contributed by atoms with van der Waals surface area (Å²) in [5.41, 5.74) is -0.824. The number of aliphatic hydroxyl groups excluding tert-OH is 3. The number of imidazole rings is 1. The van der Waals surface area contributed by atoms with Crippen LogP contribution >= 0.6 is 23.2 Å². The smallest absolute Gasteiger partial charge is 0.545 e. The van der Waals surface area contributed by atoms with Crippen molar-refractivity contribution in [3.63, 3.8) is 0 Å². The summed E-state index contributed by atoms with van der Waals surface area (Å²) in [4.78, 5) is 67.1. The van der Waals surface area contributed by atoms with Gasteiger partial charge in [0.2, 0.25) is 0 Å². The predicted molar refractivity (Wildman–Crippen MR) is 364 cm³/mol. The molecule has 8 aliphatic rings. The molecule has 1 aromatic heterocycles. The third kappa shape index (κ3) is 12.3. The minimum Gasteiger partial charge on any atom is -0.545 e. The van der Waals surface area contributed by atoms with Gasteiger partial charge in [0.15, 0.2) is 22.8 Å². The second-order valence-electron chi connectivity index (χ2n) is 30.4. The van der Waals surface area contributed by atoms with Gasteiger partial charge in [-0.1, -0.05) is 162 Å². The largest absolute Gasteiger partial charge is 1.00 e. The molecule has 3 aromatic carbocycles. The minimum absolute atomic E-state index is 0. The van der Waals surface area contributed by atoms with Crippen LogP contribution in [0.15, 0.2) is 150 Å². The second kappa shape index (κ2) is 28.9. The molecule has 4 aromatic rings. The number of hydrogen-bond acceptors (Lipinski definition) is 12. The number of Topliss-reactive ketones (excluding diaryl/α,β-unsaturated/α-hetero) is 1. The fraction of sp³-hybridized carbons (Fsp3) is 0.570. The number of carbonyl (C=O) groups excluding carboxylic acids is 5. The summed E-state index contributed by atoms with van der Waals surface area (Å²) in [5, 5.41) is 47.2. The van der Waals surface area contributed by atoms with Crippen molar-refractivity contribution in [2.24, 2.45) is 68.5 Å². The second-order valence-corrected chi connectivity index (χ2v) is 31.1. The summed E-state index contributed by atoms with van der Waals surface area (Å²) in [7, 11) is 0. The molecule has 512 valence electrons. The molecule has 0 unspecified atom stereocenters. The van der Waals surface area contributed by atoms with Gasteiger partial charge in [0.05, 0.1) is 36.5 Å². The number of nitrogens with zero attached hydrogens (tertiary/aromatic N) is 2. The molecule has 1 heterocycles. The maximum absolute atomic E-state index is 17.2. The Morgan fingerprint density at radius 3 is 2.04 bits per heavy atom. The Kier molecular flexibility index (Phi) is 22.6. The summed E-state index contributed by atoms with van der Waals surface area (Å²) in [5.74, 6) is -3.78. The van der Waals surface area contributed by atoms with E-state index in [2.05, 4.69) is 91.8 Å². The molecule has 12 rings (SSSR count). The number of carboxylic acid groups (broad SMARTS) is 1. The summed E-state index contributed by atoms with van der Waals surface area (Å²) in [6.07, 6.45) is 16.9. The first kappa shape index (κ1) is 75.2. The van der Waals surface area contributed by atoms with Crippen molar-refractivity contribution in [3.8, 4) is 0 Å². The van der Waals surface area contributed by atoms with Crippen LogP contribution in [0.25, 0.3) is 0 Å². The first-order valence-corrected chi connectivity index (χ1v) is 35.4. The van der Waals surface area contributed by atoms with Crippen molar-refractivity contribution in [2.45, 2.75) is 207 Å². The summed E-state index contributed by atoms with van der Waals surface area (Å²) in [6, 6.07) is 28.8. The third-order valence-electron chi connectivity index (χ3n) is 25.5. The van der Waals surface area contributed by atoms with E-state index in [4.69, 9.17) is 32.7 Å². The number of rotatable bonds is 14. The molecular formula is C79H98Cl2FN2NaO11. The number of hydrogen-bond donors (Lipinski definition) is 3. The molecule has 0 radical (unpaired) electrons. The van der Waals surface area contributed by atoms with E-state index in [1.165, 1.54) is 19.1 Å². The van der Waals surface area contributed by atoms with Crippen molar-refractivity contribution in [1.29, 1.82) is 0 Å². The van der Waals surface area contributed by atoms with E-state index in [-0.39, 0.29) is 117 Å². The Morgan fingerprint density at radius 1 is 0.812 bits per heavy atom. The number of ketones is 2. The number of carbonyl (C=O) groups is 5. The van der Waals surface area contributed by atoms with E-state index in [1.54, 1.807) is 19.2 Å². The Morgan fingerprint density at radius 2 is 1.46 bits per heavy atom. The fourth-order valence-corrected chi connectivity index (χ4v) is 21.7. The van der Waals surface area contributed by atoms with E-state index in [0.717, 1.165) is 53.0 Å². The Labute approximate surface area is 599 Å². The number of carboxylic acids is 1. The van der Waals surface area contributed by atoms with E-state index < -0.39 is 69.8 Å². The summed E-state index contributed by atoms with van der Waals surface area (Å²) >= 11 is 12.7. The van der Waals surface area contributed by atoms with E-state index in [9.17, 15) is 44.4 Å². The predicted octanol–water partition coefficient (Wildman–Crippen LogP) is 11.2. The number of benzene rings is 3. The number of aromatic nitrogens is 2. The van der Waals surface area contributed by atoms with Gasteiger partial charge in [-0.3, -0.25) is 19.2 Å². The van der Waals surface area contributed by atoms with E-state index >= 15 is 4.39 Å². The average molecular weight is 1360 g/mol. The maximum atomic E-state index is 17.2. The number of aliphatic hydroxyl groups is 3. The first-order chi connectivity index (χ1) is 44.9. The van der Waals surface area contributed by atoms with E-state index in [0.29, 0.717) is 68.4 Å². The average Bonchev–Trinajstić information content (AvgIpc) is 1.30. The number of halogens is 3. The van der Waals surface area contributed by atoms with Gasteiger partial charge < -0.3 is 39.3 Å². The standard InChI is InChI=1S/C31H48O6.C26H34ClFO5.C22H17ClN2.Na/c1-17(2)9-8-10-20(28(35)36)26-22-15-24(34)27-29(5)13-12-23(33)18(3)21(29)11-14-30(27,6)31(22,7)16-25(26)37-19(4)32;1-5-6-22(32)33-26(21(31)14-27)15(2)11-19-18-8-7-16-12-17(29)9-10-23(16,3)25(18,28)20(30)13-24(19,26)4;23-21-14-8-7-13-20(21)22(25-16-15-24-17-25,18-9-3-1-4-10-18)19-11-5-2-6-12-19;/h9,18,21-25,27,33-34H,8,10-16H2,1-7H3,(H,35,36);9-10,12,15,18-20,30H,5-8,11,13-14H2,1-4H3;1-17H;/q;;;+1/p-1/b26-20-;;;/t18-,21-,22-,23+,24+,25-,27-,29-,30-,31-;15-,18-,19-,20-,23-,24-,25-,26-;;/m00../s1. The van der Waals surface area contributed by atoms with E-state index in [1.807, 2.05) is 83.6 Å². The number of allylic oxidation sites excluding steroid dienone is 6. The van der Waals surface area contributed by atoms with Crippen LogP contribution in [0.4, 0.5) is 4.39 Å². The molecule has 3 N–H and O–H groups in total. The maximum Gasteiger partial charge on any atom is 1.00 e. The van der Waals surface area contributed by atoms with Crippen molar-refractivity contribution in [2.75, 3.05) is 5.88 Å². The quantitative estimate of drug-likeness (QED) is 0.0269. The molecule has 0 amide bonds. The van der Waals surface area contributed by atoms with Crippen LogP contribution < -0.4 is 34.7 Å². The third-order valence-corrected chi connectivity index (χ3v) is 26.1. The monoisotopic (exact) mass is 1360 g/mol. The molecule has 8 aliphatic carbocycles. The van der Waals surface area contributed by atoms with Gasteiger partial charge in [-0.25, -0.2) is 9.37 Å². The van der Waals surface area contributed by atoms with Crippen LogP contribution in [0.3, 0.4) is 0 Å². The Balaban J connectivity index is 0.000000171. The molecule has 7 saturated carbocycles. The van der Waals surface area contributed by atoms with Gasteiger partial charge in [0.25, 0.3) is 0 Å². The van der Waals surface area contributed by atoms with Crippen LogP contribution in [-0.2, 0) is 39.0 Å². The van der Waals surface area contributed by atoms with Gasteiger partial charge in [-0.05, 0) is 191 Å². The van der Waals surface area contributed by atoms with Crippen molar-refractivity contribution in [1.82, 2.24) is 9.55 Å². The number of fused-ring (bicyclic) bond motifs is 10. The molecule has 0 aliphatic heterocycles. The van der Waals surface area contributed by atoms with Gasteiger partial charge in [0.1, 0.15) is 11.6 Å². The number of ether oxygens (including phenoxy) is 2. The molecule has 13 nitrogen and oxygen atoms in total. The molecule has 17 heteroatoms. The van der Waals surface area contributed by atoms with Crippen molar-refractivity contribution in [3.05, 3.63) is 172 Å². The van der Waals surface area contributed by atoms with Crippen molar-refractivity contribution >= 4 is 52.7 Å². The number of esters is 2. The topological polar surface area (TPSA) is 205 Å². The van der Waals surface area contributed by atoms with Crippen LogP contribution in [0, 0.1) is 68.5 Å². The van der Waals surface area contributed by atoms with Gasteiger partial charge in [-0.15, -0.1) is 11.6 Å². The zero-order chi connectivity index (χ0) is 69.0. The Hall–Kier alpha value is -5.03. The zero-order valence-electron chi connectivity index (χ0n) is 58.2. The van der Waals surface area contributed by atoms with Crippen LogP contribution in [0.2, 0.25) is 5.02 Å². The van der Waals surface area contributed by atoms with Crippen molar-refractivity contribution < 1.29 is 87.8 Å². The molecule has 0 spiro atoms. The van der Waals surface area contributed by atoms with Gasteiger partial charge >= 0.3 is 41.5 Å². The summed E-state index contributed by atoms with van der Waals surface area (Å²) in [6.45, 7) is 21.7. The molecule has 7 fully saturated rings. The molecule has 0 bridgehead atoms. The van der Waals surface area contributed by atoms with Crippen LogP contribution in [0.1, 0.15) is 183 Å². The Bertz CT molecular complexity index is 3610. The normalized spacial score (nSPS) is 36.7. The SMILES string of the molecule is CC(=O)O[C@H]1C[C@@]2(C)[C@@H](C[C@@H](O)[C@H]3[C@@]4(C)CC[C@@H](O)[C@@H](C)[C@@H]4CC[C@@]32C)/C1=C(\CCC=C(C)C)C(=O)[O-].CCCC(=O)O[C@]1(C(=O)CCl)[C@@H](C)C[C@H]2[C@@H]3CCC4=CC(=O)C=C[C@]4(C)[C@@]3(F)[C@@H](O)C[C@@]21C.Clc1ccccc1C(c1ccccc1)(c1ccccc1)n1ccnc1.[Na+]. The first-order valence-electron chi connectivity index (χ1n) is 34.5. The molecule has 18 atom stereocenters.